The molecule has 0 aliphatic heterocycles. The first-order valence-electron chi connectivity index (χ1n) is 9.79. The summed E-state index contributed by atoms with van der Waals surface area (Å²) in [6.07, 6.45) is 1.40. The molecule has 0 radical (unpaired) electrons. The largest absolute Gasteiger partial charge is 0.478 e. The molecular formula is C27H22O2P+. The Morgan fingerprint density at radius 1 is 0.567 bits per heavy atom. The summed E-state index contributed by atoms with van der Waals surface area (Å²) in [6.45, 7) is 0. The number of hydrogen-bond acceptors (Lipinski definition) is 1. The molecule has 30 heavy (non-hydrogen) atoms. The lowest BCUT2D eigenvalue weighted by Crippen LogP contribution is -2.32. The van der Waals surface area contributed by atoms with Crippen LogP contribution < -0.4 is 15.9 Å². The molecule has 0 saturated heterocycles. The average molecular weight is 409 g/mol. The highest BCUT2D eigenvalue weighted by molar-refractivity contribution is 8.03. The van der Waals surface area contributed by atoms with Crippen molar-refractivity contribution in [3.05, 3.63) is 133 Å². The van der Waals surface area contributed by atoms with Crippen molar-refractivity contribution in [3.63, 3.8) is 0 Å². The van der Waals surface area contributed by atoms with Gasteiger partial charge in [0, 0.05) is 5.56 Å². The molecule has 0 amide bonds. The van der Waals surface area contributed by atoms with Crippen molar-refractivity contribution in [1.29, 1.82) is 0 Å². The van der Waals surface area contributed by atoms with Gasteiger partial charge in [0.25, 0.3) is 0 Å². The molecule has 146 valence electrons. The summed E-state index contributed by atoms with van der Waals surface area (Å²) < 4.78 is 0. The minimum atomic E-state index is -2.46. The van der Waals surface area contributed by atoms with Crippen LogP contribution >= 0.6 is 7.26 Å². The molecule has 1 N–H and O–H groups in total. The van der Waals surface area contributed by atoms with Gasteiger partial charge >= 0.3 is 5.97 Å². The van der Waals surface area contributed by atoms with Gasteiger partial charge in [0.1, 0.15) is 28.5 Å². The fourth-order valence-electron chi connectivity index (χ4n) is 3.92. The van der Waals surface area contributed by atoms with Crippen LogP contribution in [-0.4, -0.2) is 11.1 Å². The van der Waals surface area contributed by atoms with E-state index in [4.69, 9.17) is 0 Å². The zero-order chi connectivity index (χ0) is 20.8. The summed E-state index contributed by atoms with van der Waals surface area (Å²) in [5, 5.41) is 14.1. The van der Waals surface area contributed by atoms with Gasteiger partial charge in [0.05, 0.1) is 6.08 Å². The Balaban J connectivity index is 2.18. The van der Waals surface area contributed by atoms with Crippen molar-refractivity contribution in [2.24, 2.45) is 0 Å². The molecule has 0 aliphatic rings. The highest BCUT2D eigenvalue weighted by Crippen LogP contribution is 2.66. The molecule has 0 unspecified atom stereocenters. The predicted molar refractivity (Wildman–Crippen MR) is 127 cm³/mol. The van der Waals surface area contributed by atoms with E-state index in [-0.39, 0.29) is 0 Å². The molecule has 4 aromatic rings. The van der Waals surface area contributed by atoms with Gasteiger partial charge in [-0.2, -0.15) is 0 Å². The van der Waals surface area contributed by atoms with E-state index >= 15 is 0 Å². The first kappa shape index (κ1) is 19.8. The Morgan fingerprint density at radius 3 is 1.23 bits per heavy atom. The van der Waals surface area contributed by atoms with Crippen LogP contribution in [0.4, 0.5) is 0 Å². The van der Waals surface area contributed by atoms with Crippen LogP contribution in [-0.2, 0) is 4.79 Å². The zero-order valence-corrected chi connectivity index (χ0v) is 17.3. The fourth-order valence-corrected chi connectivity index (χ4v) is 8.35. The van der Waals surface area contributed by atoms with Gasteiger partial charge in [-0.1, -0.05) is 84.9 Å². The van der Waals surface area contributed by atoms with Gasteiger partial charge < -0.3 is 5.11 Å². The van der Waals surface area contributed by atoms with Crippen LogP contribution in [0.3, 0.4) is 0 Å². The summed E-state index contributed by atoms with van der Waals surface area (Å²) in [4.78, 5) is 12.1. The molecule has 4 rings (SSSR count). The second-order valence-electron chi connectivity index (χ2n) is 6.91. The van der Waals surface area contributed by atoms with E-state index < -0.39 is 13.2 Å². The van der Waals surface area contributed by atoms with Crippen LogP contribution in [0.15, 0.2) is 127 Å². The molecule has 0 fully saturated rings. The van der Waals surface area contributed by atoms with Gasteiger partial charge in [0.15, 0.2) is 0 Å². The van der Waals surface area contributed by atoms with Gasteiger partial charge in [-0.05, 0) is 36.4 Å². The second kappa shape index (κ2) is 8.90. The average Bonchev–Trinajstić information content (AvgIpc) is 2.81. The third-order valence-corrected chi connectivity index (χ3v) is 9.45. The van der Waals surface area contributed by atoms with Gasteiger partial charge in [-0.25, -0.2) is 4.79 Å². The van der Waals surface area contributed by atoms with E-state index in [1.165, 1.54) is 6.08 Å². The van der Waals surface area contributed by atoms with Crippen molar-refractivity contribution in [1.82, 2.24) is 0 Å². The SMILES string of the molecule is O=C(O)/C=C(\c1ccccc1)[P+](c1ccccc1)(c1ccccc1)c1ccccc1. The maximum Gasteiger partial charge on any atom is 0.332 e. The van der Waals surface area contributed by atoms with Crippen LogP contribution in [0.1, 0.15) is 5.56 Å². The number of aliphatic carboxylic acids is 1. The quantitative estimate of drug-likeness (QED) is 0.355. The number of carboxylic acid groups (broad SMARTS) is 1. The van der Waals surface area contributed by atoms with E-state index in [1.54, 1.807) is 0 Å². The molecule has 0 heterocycles. The molecule has 0 aliphatic carbocycles. The maximum absolute atomic E-state index is 12.1. The number of carboxylic acids is 1. The standard InChI is InChI=1S/C27H21O2P/c28-27(29)21-26(22-13-5-1-6-14-22)30(23-15-7-2-8-16-23,24-17-9-3-10-18-24)25-19-11-4-12-20-25/h1-21H/p+1/b26-21+. The molecule has 2 nitrogen and oxygen atoms in total. The number of rotatable bonds is 6. The third-order valence-electron chi connectivity index (χ3n) is 5.12. The highest BCUT2D eigenvalue weighted by Gasteiger charge is 2.50. The summed E-state index contributed by atoms with van der Waals surface area (Å²) in [6, 6.07) is 40.7. The Labute approximate surface area is 177 Å². The van der Waals surface area contributed by atoms with E-state index in [2.05, 4.69) is 36.4 Å². The molecule has 4 aromatic carbocycles. The van der Waals surface area contributed by atoms with Gasteiger partial charge in [-0.15, -0.1) is 0 Å². The van der Waals surface area contributed by atoms with Crippen molar-refractivity contribution in [2.75, 3.05) is 0 Å². The Hall–Kier alpha value is -3.48. The van der Waals surface area contributed by atoms with Crippen molar-refractivity contribution in [3.8, 4) is 0 Å². The topological polar surface area (TPSA) is 37.3 Å². The lowest BCUT2D eigenvalue weighted by atomic mass is 10.2. The van der Waals surface area contributed by atoms with Crippen LogP contribution in [0, 0.1) is 0 Å². The summed E-state index contributed by atoms with van der Waals surface area (Å²) >= 11 is 0. The minimum absolute atomic E-state index is 0.833. The zero-order valence-electron chi connectivity index (χ0n) is 16.4. The van der Waals surface area contributed by atoms with Gasteiger partial charge in [0.2, 0.25) is 0 Å². The molecule has 3 heteroatoms. The summed E-state index contributed by atoms with van der Waals surface area (Å²) in [5.74, 6) is -0.943. The first-order chi connectivity index (χ1) is 14.7. The molecule has 0 saturated carbocycles. The maximum atomic E-state index is 12.1. The lowest BCUT2D eigenvalue weighted by Gasteiger charge is -2.29. The minimum Gasteiger partial charge on any atom is -0.478 e. The molecule has 0 aromatic heterocycles. The smallest absolute Gasteiger partial charge is 0.332 e. The predicted octanol–water partition coefficient (Wildman–Crippen LogP) is 5.11. The van der Waals surface area contributed by atoms with Crippen molar-refractivity contribution < 1.29 is 9.90 Å². The molecular weight excluding hydrogens is 387 g/mol. The fraction of sp³-hybridized carbons (Fsp3) is 0. The van der Waals surface area contributed by atoms with Crippen molar-refractivity contribution >= 4 is 34.5 Å². The monoisotopic (exact) mass is 409 g/mol. The van der Waals surface area contributed by atoms with Gasteiger partial charge in [-0.3, -0.25) is 0 Å². The summed E-state index contributed by atoms with van der Waals surface area (Å²) in [7, 11) is -2.46. The molecule has 0 bridgehead atoms. The summed E-state index contributed by atoms with van der Waals surface area (Å²) in [5.41, 5.74) is 0.921. The van der Waals surface area contributed by atoms with Crippen LogP contribution in [0.25, 0.3) is 5.31 Å². The second-order valence-corrected chi connectivity index (χ2v) is 10.3. The third kappa shape index (κ3) is 3.70. The number of carbonyl (C=O) groups is 1. The van der Waals surface area contributed by atoms with Crippen LogP contribution in [0.2, 0.25) is 0 Å². The van der Waals surface area contributed by atoms with E-state index in [0.717, 1.165) is 26.8 Å². The first-order valence-corrected chi connectivity index (χ1v) is 11.6. The van der Waals surface area contributed by atoms with E-state index in [0.29, 0.717) is 0 Å². The normalized spacial score (nSPS) is 11.8. The number of benzene rings is 4. The van der Waals surface area contributed by atoms with Crippen LogP contribution in [0.5, 0.6) is 0 Å². The van der Waals surface area contributed by atoms with Crippen molar-refractivity contribution in [2.45, 2.75) is 0 Å². The Kier molecular flexibility index (Phi) is 5.88. The number of hydrogen-bond donors (Lipinski definition) is 1. The van der Waals surface area contributed by atoms with E-state index in [1.807, 2.05) is 84.9 Å². The lowest BCUT2D eigenvalue weighted by molar-refractivity contribution is -0.131. The Bertz CT molecular complexity index is 1040. The molecule has 0 atom stereocenters. The van der Waals surface area contributed by atoms with E-state index in [9.17, 15) is 9.90 Å². The molecule has 0 spiro atoms. The highest BCUT2D eigenvalue weighted by atomic mass is 31.2. The Morgan fingerprint density at radius 2 is 0.900 bits per heavy atom.